The lowest BCUT2D eigenvalue weighted by molar-refractivity contribution is 0.558. The standard InChI is InChI=1S/C16H17FN6O2S/c1-12-8-11-23(22-12)16-7-6-15(20-21-16)18-9-10-19-26(24,25)14-5-3-2-4-13(14)17/h2-8,11,19H,9-10H2,1H3,(H,18,20). The maximum atomic E-state index is 13.6. The number of aryl methyl sites for hydroxylation is 1. The first-order valence-electron chi connectivity index (χ1n) is 7.80. The normalized spacial score (nSPS) is 11.5. The van der Waals surface area contributed by atoms with E-state index in [1.807, 2.05) is 13.0 Å². The maximum absolute atomic E-state index is 13.6. The lowest BCUT2D eigenvalue weighted by Crippen LogP contribution is -2.29. The summed E-state index contributed by atoms with van der Waals surface area (Å²) in [5.41, 5.74) is 0.871. The zero-order valence-corrected chi connectivity index (χ0v) is 14.7. The quantitative estimate of drug-likeness (QED) is 0.606. The van der Waals surface area contributed by atoms with Gasteiger partial charge in [-0.25, -0.2) is 22.2 Å². The van der Waals surface area contributed by atoms with E-state index in [1.165, 1.54) is 18.2 Å². The predicted octanol–water partition coefficient (Wildman–Crippen LogP) is 1.50. The van der Waals surface area contributed by atoms with Gasteiger partial charge in [-0.05, 0) is 37.3 Å². The molecule has 0 bridgehead atoms. The van der Waals surface area contributed by atoms with Gasteiger partial charge < -0.3 is 5.32 Å². The van der Waals surface area contributed by atoms with Crippen molar-refractivity contribution in [2.24, 2.45) is 0 Å². The molecule has 3 rings (SSSR count). The van der Waals surface area contributed by atoms with Crippen molar-refractivity contribution in [3.63, 3.8) is 0 Å². The van der Waals surface area contributed by atoms with E-state index >= 15 is 0 Å². The van der Waals surface area contributed by atoms with Gasteiger partial charge in [-0.3, -0.25) is 0 Å². The van der Waals surface area contributed by atoms with Gasteiger partial charge in [0.15, 0.2) is 5.82 Å². The fourth-order valence-electron chi connectivity index (χ4n) is 2.20. The van der Waals surface area contributed by atoms with E-state index in [2.05, 4.69) is 25.3 Å². The van der Waals surface area contributed by atoms with Crippen molar-refractivity contribution in [2.45, 2.75) is 11.8 Å². The minimum Gasteiger partial charge on any atom is -0.367 e. The number of sulfonamides is 1. The number of nitrogens with zero attached hydrogens (tertiary/aromatic N) is 4. The van der Waals surface area contributed by atoms with Gasteiger partial charge in [-0.15, -0.1) is 10.2 Å². The van der Waals surface area contributed by atoms with Gasteiger partial charge in [0, 0.05) is 19.3 Å². The molecule has 2 aromatic heterocycles. The largest absolute Gasteiger partial charge is 0.367 e. The summed E-state index contributed by atoms with van der Waals surface area (Å²) < 4.78 is 41.6. The van der Waals surface area contributed by atoms with Crippen LogP contribution in [-0.4, -0.2) is 41.5 Å². The summed E-state index contributed by atoms with van der Waals surface area (Å²) in [6.07, 6.45) is 1.78. The lowest BCUT2D eigenvalue weighted by atomic mass is 10.4. The fourth-order valence-corrected chi connectivity index (χ4v) is 3.31. The minimum atomic E-state index is -3.90. The Balaban J connectivity index is 1.53. The first-order valence-corrected chi connectivity index (χ1v) is 9.28. The van der Waals surface area contributed by atoms with Crippen LogP contribution < -0.4 is 10.0 Å². The monoisotopic (exact) mass is 376 g/mol. The Morgan fingerprint density at radius 3 is 2.54 bits per heavy atom. The van der Waals surface area contributed by atoms with Gasteiger partial charge in [-0.1, -0.05) is 12.1 Å². The highest BCUT2D eigenvalue weighted by atomic mass is 32.2. The van der Waals surface area contributed by atoms with E-state index in [4.69, 9.17) is 0 Å². The molecule has 8 nitrogen and oxygen atoms in total. The van der Waals surface area contributed by atoms with Crippen LogP contribution in [0.1, 0.15) is 5.69 Å². The second kappa shape index (κ2) is 7.58. The summed E-state index contributed by atoms with van der Waals surface area (Å²) in [6.45, 7) is 2.21. The molecule has 0 amide bonds. The number of aromatic nitrogens is 4. The molecule has 0 saturated carbocycles. The molecule has 0 aliphatic heterocycles. The van der Waals surface area contributed by atoms with Gasteiger partial charge in [0.25, 0.3) is 0 Å². The number of halogens is 1. The summed E-state index contributed by atoms with van der Waals surface area (Å²) in [5, 5.41) is 15.2. The molecule has 26 heavy (non-hydrogen) atoms. The van der Waals surface area contributed by atoms with Crippen LogP contribution in [0.5, 0.6) is 0 Å². The maximum Gasteiger partial charge on any atom is 0.243 e. The molecule has 0 atom stereocenters. The Morgan fingerprint density at radius 2 is 1.88 bits per heavy atom. The molecular formula is C16H17FN6O2S. The van der Waals surface area contributed by atoms with Gasteiger partial charge in [-0.2, -0.15) is 5.10 Å². The topological polar surface area (TPSA) is 102 Å². The second-order valence-corrected chi connectivity index (χ2v) is 7.17. The van der Waals surface area contributed by atoms with Crippen LogP contribution in [0.4, 0.5) is 10.2 Å². The molecule has 0 radical (unpaired) electrons. The third kappa shape index (κ3) is 4.21. The highest BCUT2D eigenvalue weighted by Crippen LogP contribution is 2.12. The average molecular weight is 376 g/mol. The summed E-state index contributed by atoms with van der Waals surface area (Å²) in [4.78, 5) is -0.376. The Kier molecular flexibility index (Phi) is 5.24. The van der Waals surface area contributed by atoms with Crippen molar-refractivity contribution in [1.82, 2.24) is 24.7 Å². The molecule has 0 spiro atoms. The zero-order chi connectivity index (χ0) is 18.6. The Labute approximate surface area is 150 Å². The van der Waals surface area contributed by atoms with Crippen molar-refractivity contribution < 1.29 is 12.8 Å². The highest BCUT2D eigenvalue weighted by Gasteiger charge is 2.17. The summed E-state index contributed by atoms with van der Waals surface area (Å²) in [6, 6.07) is 10.5. The number of rotatable bonds is 7. The van der Waals surface area contributed by atoms with Crippen molar-refractivity contribution in [3.8, 4) is 5.82 Å². The van der Waals surface area contributed by atoms with Crippen LogP contribution in [0.25, 0.3) is 5.82 Å². The molecule has 3 aromatic rings. The fraction of sp³-hybridized carbons (Fsp3) is 0.188. The van der Waals surface area contributed by atoms with E-state index in [0.717, 1.165) is 11.8 Å². The number of anilines is 1. The Morgan fingerprint density at radius 1 is 1.08 bits per heavy atom. The van der Waals surface area contributed by atoms with Crippen LogP contribution in [0.3, 0.4) is 0 Å². The molecule has 0 fully saturated rings. The van der Waals surface area contributed by atoms with E-state index in [9.17, 15) is 12.8 Å². The van der Waals surface area contributed by atoms with E-state index in [0.29, 0.717) is 11.6 Å². The Bertz CT molecular complexity index is 988. The van der Waals surface area contributed by atoms with Crippen molar-refractivity contribution in [3.05, 3.63) is 60.2 Å². The SMILES string of the molecule is Cc1ccn(-c2ccc(NCCNS(=O)(=O)c3ccccc3F)nn2)n1. The molecule has 2 heterocycles. The molecule has 0 unspecified atom stereocenters. The van der Waals surface area contributed by atoms with Crippen molar-refractivity contribution >= 4 is 15.8 Å². The van der Waals surface area contributed by atoms with Crippen LogP contribution >= 0.6 is 0 Å². The summed E-state index contributed by atoms with van der Waals surface area (Å²) in [7, 11) is -3.90. The van der Waals surface area contributed by atoms with Crippen LogP contribution in [0, 0.1) is 12.7 Å². The Hall–Kier alpha value is -2.85. The smallest absolute Gasteiger partial charge is 0.243 e. The minimum absolute atomic E-state index is 0.0679. The first-order chi connectivity index (χ1) is 12.5. The third-order valence-corrected chi connectivity index (χ3v) is 4.95. The molecule has 0 aliphatic carbocycles. The van der Waals surface area contributed by atoms with Crippen molar-refractivity contribution in [1.29, 1.82) is 0 Å². The van der Waals surface area contributed by atoms with Gasteiger partial charge in [0.05, 0.1) is 5.69 Å². The number of nitrogens with one attached hydrogen (secondary N) is 2. The number of benzene rings is 1. The van der Waals surface area contributed by atoms with E-state index in [-0.39, 0.29) is 18.0 Å². The number of hydrogen-bond acceptors (Lipinski definition) is 6. The van der Waals surface area contributed by atoms with Crippen LogP contribution in [0.2, 0.25) is 0 Å². The molecule has 136 valence electrons. The molecule has 2 N–H and O–H groups in total. The van der Waals surface area contributed by atoms with Gasteiger partial charge in [0.2, 0.25) is 10.0 Å². The molecule has 1 aromatic carbocycles. The molecule has 0 aliphatic rings. The number of hydrogen-bond donors (Lipinski definition) is 2. The molecular weight excluding hydrogens is 359 g/mol. The van der Waals surface area contributed by atoms with E-state index in [1.54, 1.807) is 23.0 Å². The highest BCUT2D eigenvalue weighted by molar-refractivity contribution is 7.89. The third-order valence-electron chi connectivity index (χ3n) is 3.46. The first kappa shape index (κ1) is 18.0. The summed E-state index contributed by atoms with van der Waals surface area (Å²) >= 11 is 0. The predicted molar refractivity (Wildman–Crippen MR) is 94.0 cm³/mol. The van der Waals surface area contributed by atoms with Gasteiger partial charge >= 0.3 is 0 Å². The zero-order valence-electron chi connectivity index (χ0n) is 13.9. The van der Waals surface area contributed by atoms with Crippen LogP contribution in [-0.2, 0) is 10.0 Å². The van der Waals surface area contributed by atoms with Crippen molar-refractivity contribution in [2.75, 3.05) is 18.4 Å². The second-order valence-electron chi connectivity index (χ2n) is 5.43. The van der Waals surface area contributed by atoms with Crippen LogP contribution in [0.15, 0.2) is 53.6 Å². The molecule has 0 saturated heterocycles. The average Bonchev–Trinajstić information content (AvgIpc) is 3.06. The van der Waals surface area contributed by atoms with E-state index < -0.39 is 15.8 Å². The summed E-state index contributed by atoms with van der Waals surface area (Å²) in [5.74, 6) is 0.273. The molecule has 10 heteroatoms. The lowest BCUT2D eigenvalue weighted by Gasteiger charge is -2.09. The van der Waals surface area contributed by atoms with Gasteiger partial charge in [0.1, 0.15) is 16.5 Å².